The Morgan fingerprint density at radius 2 is 2.27 bits per heavy atom. The molecule has 0 aromatic carbocycles. The average Bonchev–Trinajstić information content (AvgIpc) is 2.45. The lowest BCUT2D eigenvalue weighted by molar-refractivity contribution is -0.139. The van der Waals surface area contributed by atoms with Crippen molar-refractivity contribution in [1.29, 1.82) is 0 Å². The largest absolute Gasteiger partial charge is 0.391 e. The van der Waals surface area contributed by atoms with Gasteiger partial charge < -0.3 is 10.0 Å². The van der Waals surface area contributed by atoms with Gasteiger partial charge in [0.1, 0.15) is 0 Å². The quantitative estimate of drug-likeness (QED) is 0.540. The Hall–Kier alpha value is -0.570. The zero-order valence-corrected chi connectivity index (χ0v) is 6.49. The first-order valence-electron chi connectivity index (χ1n) is 4.26. The van der Waals surface area contributed by atoms with Crippen molar-refractivity contribution in [3.63, 3.8) is 0 Å². The summed E-state index contributed by atoms with van der Waals surface area (Å²) in [6.45, 7) is 0.862. The molecule has 2 aliphatic rings. The highest BCUT2D eigenvalue weighted by atomic mass is 16.3. The second-order valence-electron chi connectivity index (χ2n) is 3.40. The monoisotopic (exact) mass is 155 g/mol. The highest BCUT2D eigenvalue weighted by Gasteiger charge is 2.37. The molecule has 62 valence electrons. The maximum atomic E-state index is 11.2. The summed E-state index contributed by atoms with van der Waals surface area (Å²) < 4.78 is 0. The van der Waals surface area contributed by atoms with E-state index in [1.54, 1.807) is 0 Å². The molecule has 2 fully saturated rings. The van der Waals surface area contributed by atoms with Crippen LogP contribution in [-0.2, 0) is 4.79 Å². The van der Waals surface area contributed by atoms with Crippen molar-refractivity contribution in [3.8, 4) is 0 Å². The predicted octanol–water partition coefficient (Wildman–Crippen LogP) is 0.132. The number of carbonyl (C=O) groups excluding carboxylic acids is 1. The van der Waals surface area contributed by atoms with E-state index in [-0.39, 0.29) is 18.1 Å². The first-order valence-corrected chi connectivity index (χ1v) is 4.26. The molecule has 0 aromatic rings. The molecule has 2 heterocycles. The normalized spacial score (nSPS) is 37.5. The third-order valence-electron chi connectivity index (χ3n) is 2.72. The van der Waals surface area contributed by atoms with E-state index in [9.17, 15) is 9.90 Å². The van der Waals surface area contributed by atoms with Gasteiger partial charge in [-0.3, -0.25) is 4.79 Å². The minimum absolute atomic E-state index is 0.149. The van der Waals surface area contributed by atoms with Crippen LogP contribution in [-0.4, -0.2) is 34.6 Å². The summed E-state index contributed by atoms with van der Waals surface area (Å²) in [6.07, 6.45) is 3.01. The zero-order chi connectivity index (χ0) is 7.84. The van der Waals surface area contributed by atoms with Gasteiger partial charge in [-0.25, -0.2) is 0 Å². The van der Waals surface area contributed by atoms with E-state index in [2.05, 4.69) is 0 Å². The van der Waals surface area contributed by atoms with Gasteiger partial charge in [-0.1, -0.05) is 0 Å². The third kappa shape index (κ3) is 1.03. The summed E-state index contributed by atoms with van der Waals surface area (Å²) in [4.78, 5) is 13.1. The van der Waals surface area contributed by atoms with Crippen molar-refractivity contribution in [2.75, 3.05) is 6.54 Å². The van der Waals surface area contributed by atoms with Gasteiger partial charge in [0, 0.05) is 13.0 Å². The average molecular weight is 155 g/mol. The van der Waals surface area contributed by atoms with Gasteiger partial charge in [0.2, 0.25) is 5.91 Å². The van der Waals surface area contributed by atoms with Crippen LogP contribution in [0, 0.1) is 0 Å². The Kier molecular flexibility index (Phi) is 1.60. The summed E-state index contributed by atoms with van der Waals surface area (Å²) in [5, 5.41) is 9.50. The number of amides is 1. The maximum Gasteiger partial charge on any atom is 0.223 e. The number of hydrogen-bond donors (Lipinski definition) is 1. The smallest absolute Gasteiger partial charge is 0.223 e. The Labute approximate surface area is 66.0 Å². The van der Waals surface area contributed by atoms with Crippen LogP contribution in [0.1, 0.15) is 25.7 Å². The van der Waals surface area contributed by atoms with Gasteiger partial charge in [0.05, 0.1) is 12.1 Å². The molecule has 0 unspecified atom stereocenters. The lowest BCUT2D eigenvalue weighted by Gasteiger charge is -2.33. The summed E-state index contributed by atoms with van der Waals surface area (Å²) in [5.41, 5.74) is 0. The maximum absolute atomic E-state index is 11.2. The second kappa shape index (κ2) is 2.48. The van der Waals surface area contributed by atoms with E-state index in [4.69, 9.17) is 0 Å². The van der Waals surface area contributed by atoms with Crippen molar-refractivity contribution in [3.05, 3.63) is 0 Å². The molecule has 0 spiro atoms. The summed E-state index contributed by atoms with van der Waals surface area (Å²) in [6, 6.07) is 0.149. The molecule has 11 heavy (non-hydrogen) atoms. The van der Waals surface area contributed by atoms with Gasteiger partial charge in [-0.05, 0) is 19.3 Å². The molecule has 1 amide bonds. The van der Waals surface area contributed by atoms with E-state index < -0.39 is 0 Å². The van der Waals surface area contributed by atoms with E-state index in [0.717, 1.165) is 19.4 Å². The number of nitrogens with zero attached hydrogens (tertiary/aromatic N) is 1. The van der Waals surface area contributed by atoms with Gasteiger partial charge >= 0.3 is 0 Å². The number of rotatable bonds is 0. The number of hydrogen-bond acceptors (Lipinski definition) is 2. The van der Waals surface area contributed by atoms with Crippen LogP contribution in [0.2, 0.25) is 0 Å². The van der Waals surface area contributed by atoms with E-state index >= 15 is 0 Å². The topological polar surface area (TPSA) is 40.5 Å². The molecule has 2 aliphatic heterocycles. The van der Waals surface area contributed by atoms with Gasteiger partial charge in [0.15, 0.2) is 0 Å². The Morgan fingerprint density at radius 1 is 1.45 bits per heavy atom. The third-order valence-corrected chi connectivity index (χ3v) is 2.72. The summed E-state index contributed by atoms with van der Waals surface area (Å²) in [5.74, 6) is 0.234. The zero-order valence-electron chi connectivity index (χ0n) is 6.49. The molecule has 0 bridgehead atoms. The molecule has 0 saturated carbocycles. The van der Waals surface area contributed by atoms with Crippen LogP contribution < -0.4 is 0 Å². The molecule has 2 saturated heterocycles. The number of aliphatic hydroxyl groups excluding tert-OH is 1. The van der Waals surface area contributed by atoms with Crippen LogP contribution >= 0.6 is 0 Å². The van der Waals surface area contributed by atoms with Crippen molar-refractivity contribution < 1.29 is 9.90 Å². The molecule has 1 N–H and O–H groups in total. The molecule has 0 radical (unpaired) electrons. The molecule has 2 rings (SSSR count). The van der Waals surface area contributed by atoms with Crippen LogP contribution in [0.25, 0.3) is 0 Å². The fourth-order valence-electron chi connectivity index (χ4n) is 2.11. The van der Waals surface area contributed by atoms with Gasteiger partial charge in [-0.15, -0.1) is 0 Å². The minimum Gasteiger partial charge on any atom is -0.391 e. The number of fused-ring (bicyclic) bond motifs is 1. The highest BCUT2D eigenvalue weighted by molar-refractivity contribution is 5.77. The molecule has 0 aromatic heterocycles. The summed E-state index contributed by atoms with van der Waals surface area (Å²) >= 11 is 0. The fraction of sp³-hybridized carbons (Fsp3) is 0.875. The predicted molar refractivity (Wildman–Crippen MR) is 40.0 cm³/mol. The number of carbonyl (C=O) groups is 1. The summed E-state index contributed by atoms with van der Waals surface area (Å²) in [7, 11) is 0. The highest BCUT2D eigenvalue weighted by Crippen LogP contribution is 2.27. The lowest BCUT2D eigenvalue weighted by Crippen LogP contribution is -2.47. The van der Waals surface area contributed by atoms with Crippen molar-refractivity contribution >= 4 is 5.91 Å². The molecule has 3 heteroatoms. The van der Waals surface area contributed by atoms with E-state index in [1.807, 2.05) is 4.90 Å². The Morgan fingerprint density at radius 3 is 3.00 bits per heavy atom. The number of aliphatic hydroxyl groups is 1. The Bertz CT molecular complexity index is 181. The Balaban J connectivity index is 2.14. The van der Waals surface area contributed by atoms with Gasteiger partial charge in [-0.2, -0.15) is 0 Å². The van der Waals surface area contributed by atoms with E-state index in [1.165, 1.54) is 0 Å². The number of piperidine rings is 1. The fourth-order valence-corrected chi connectivity index (χ4v) is 2.11. The second-order valence-corrected chi connectivity index (χ2v) is 3.40. The van der Waals surface area contributed by atoms with Crippen LogP contribution in [0.4, 0.5) is 0 Å². The molecule has 2 atom stereocenters. The van der Waals surface area contributed by atoms with E-state index in [0.29, 0.717) is 12.8 Å². The molecular weight excluding hydrogens is 142 g/mol. The SMILES string of the molecule is O=C1CC[C@@H](O)[C@H]2CCCN12. The van der Waals surface area contributed by atoms with Gasteiger partial charge in [0.25, 0.3) is 0 Å². The first kappa shape index (κ1) is 7.10. The van der Waals surface area contributed by atoms with Crippen molar-refractivity contribution in [2.24, 2.45) is 0 Å². The van der Waals surface area contributed by atoms with Crippen LogP contribution in [0.5, 0.6) is 0 Å². The van der Waals surface area contributed by atoms with Crippen LogP contribution in [0.3, 0.4) is 0 Å². The molecule has 0 aliphatic carbocycles. The van der Waals surface area contributed by atoms with Crippen LogP contribution in [0.15, 0.2) is 0 Å². The first-order chi connectivity index (χ1) is 5.29. The molecule has 3 nitrogen and oxygen atoms in total. The van der Waals surface area contributed by atoms with Crippen molar-refractivity contribution in [2.45, 2.75) is 37.8 Å². The van der Waals surface area contributed by atoms with Crippen molar-refractivity contribution in [1.82, 2.24) is 4.90 Å². The lowest BCUT2D eigenvalue weighted by atomic mass is 9.99. The minimum atomic E-state index is -0.254. The molecular formula is C8H13NO2. The standard InChI is InChI=1S/C8H13NO2/c10-7-3-4-8(11)9-5-1-2-6(7)9/h6-7,10H,1-5H2/t6-,7-/m1/s1.